The number of aliphatic imine (C=N–C) groups is 2. The number of nitrogens with one attached hydrogen (secondary N) is 3. The third-order valence-electron chi connectivity index (χ3n) is 12.2. The van der Waals surface area contributed by atoms with E-state index in [4.69, 9.17) is 24.1 Å². The molecule has 4 heterocycles. The highest BCUT2D eigenvalue weighted by atomic mass is 19.4. The Balaban J connectivity index is 0.850. The standard InChI is InChI=1S/C51H50F3N7O11/c1-27(2)45(59-50(66)67)47(63)57-28(3)46(62)58-33-11-7-29(8-12-33)31-17-34-23-55-39-21-43(41(68-4)19-37(39)48(64)60(34)25-31)70-15-6-16-71-44-22-40-38(20-42(44)69-5)49(65)61-26-32(18-35(61)24-56-40)30-9-13-36(14-10-30)72-51(52,53)54/h7-14,19-28,34-35,45,59H,6,15-18H2,1-5H3,(H,57,63)(H,58,62)(H,66,67)/t28?,34-,35-,45?/m0/s1. The number of carboxylic acid groups (broad SMARTS) is 1. The first-order chi connectivity index (χ1) is 34.4. The van der Waals surface area contributed by atoms with Crippen molar-refractivity contribution in [2.75, 3.05) is 32.8 Å². The summed E-state index contributed by atoms with van der Waals surface area (Å²) in [6, 6.07) is 16.2. The molecule has 5 amide bonds. The fourth-order valence-corrected chi connectivity index (χ4v) is 8.49. The highest BCUT2D eigenvalue weighted by molar-refractivity contribution is 6.07. The summed E-state index contributed by atoms with van der Waals surface area (Å²) in [5, 5.41) is 16.6. The van der Waals surface area contributed by atoms with Gasteiger partial charge in [-0.15, -0.1) is 13.2 Å². The first-order valence-corrected chi connectivity index (χ1v) is 22.8. The van der Waals surface area contributed by atoms with E-state index in [0.29, 0.717) is 70.4 Å². The van der Waals surface area contributed by atoms with Crippen LogP contribution >= 0.6 is 0 Å². The van der Waals surface area contributed by atoms with Crippen LogP contribution in [-0.2, 0) is 9.59 Å². The molecule has 8 rings (SSSR count). The molecule has 0 bridgehead atoms. The van der Waals surface area contributed by atoms with E-state index in [2.05, 4.69) is 30.7 Å². The average Bonchev–Trinajstić information content (AvgIpc) is 3.92. The van der Waals surface area contributed by atoms with Crippen molar-refractivity contribution in [2.45, 2.75) is 70.6 Å². The maximum atomic E-state index is 14.0. The summed E-state index contributed by atoms with van der Waals surface area (Å²) in [5.74, 6) is -1.04. The molecule has 21 heteroatoms. The van der Waals surface area contributed by atoms with Crippen LogP contribution in [0.15, 0.2) is 95.2 Å². The number of carbonyl (C=O) groups excluding carboxylic acids is 4. The van der Waals surface area contributed by atoms with Gasteiger partial charge in [0.05, 0.1) is 62.0 Å². The number of amides is 5. The van der Waals surface area contributed by atoms with Gasteiger partial charge in [0.25, 0.3) is 11.8 Å². The fourth-order valence-electron chi connectivity index (χ4n) is 8.49. The monoisotopic (exact) mass is 993 g/mol. The average molecular weight is 994 g/mol. The fraction of sp³-hybridized carbons (Fsp3) is 0.314. The van der Waals surface area contributed by atoms with Crippen molar-refractivity contribution >= 4 is 70.4 Å². The highest BCUT2D eigenvalue weighted by Crippen LogP contribution is 2.42. The lowest BCUT2D eigenvalue weighted by Gasteiger charge is -2.22. The Morgan fingerprint density at radius 2 is 1.19 bits per heavy atom. The Morgan fingerprint density at radius 3 is 1.64 bits per heavy atom. The molecule has 0 saturated heterocycles. The number of carbonyl (C=O) groups is 5. The third kappa shape index (κ3) is 11.1. The zero-order valence-corrected chi connectivity index (χ0v) is 39.6. The van der Waals surface area contributed by atoms with Gasteiger partial charge in [0.15, 0.2) is 23.0 Å². The maximum absolute atomic E-state index is 14.0. The minimum absolute atomic E-state index is 0.195. The number of fused-ring (bicyclic) bond motifs is 4. The van der Waals surface area contributed by atoms with Gasteiger partial charge in [-0.1, -0.05) is 38.1 Å². The van der Waals surface area contributed by atoms with Gasteiger partial charge in [-0.25, -0.2) is 4.79 Å². The minimum atomic E-state index is -4.81. The van der Waals surface area contributed by atoms with Crippen LogP contribution < -0.4 is 39.6 Å². The van der Waals surface area contributed by atoms with Crippen LogP contribution in [0.1, 0.15) is 71.9 Å². The van der Waals surface area contributed by atoms with Crippen LogP contribution in [0.5, 0.6) is 28.7 Å². The van der Waals surface area contributed by atoms with Crippen molar-refractivity contribution in [3.8, 4) is 28.7 Å². The molecule has 0 saturated carbocycles. The molecule has 376 valence electrons. The second-order valence-electron chi connectivity index (χ2n) is 17.5. The van der Waals surface area contributed by atoms with Crippen molar-refractivity contribution in [3.63, 3.8) is 0 Å². The molecule has 0 aliphatic carbocycles. The third-order valence-corrected chi connectivity index (χ3v) is 12.2. The van der Waals surface area contributed by atoms with Gasteiger partial charge in [-0.05, 0) is 71.5 Å². The topological polar surface area (TPSA) is 219 Å². The lowest BCUT2D eigenvalue weighted by Crippen LogP contribution is -2.53. The van der Waals surface area contributed by atoms with Crippen molar-refractivity contribution in [2.24, 2.45) is 15.9 Å². The lowest BCUT2D eigenvalue weighted by atomic mass is 10.0. The number of rotatable bonds is 17. The molecule has 0 aromatic heterocycles. The number of methoxy groups -OCH3 is 2. The van der Waals surface area contributed by atoms with Gasteiger partial charge in [-0.2, -0.15) is 0 Å². The number of halogens is 3. The summed E-state index contributed by atoms with van der Waals surface area (Å²) < 4.78 is 65.4. The van der Waals surface area contributed by atoms with Crippen LogP contribution in [-0.4, -0.2) is 115 Å². The van der Waals surface area contributed by atoms with Crippen LogP contribution in [0.25, 0.3) is 11.1 Å². The molecule has 72 heavy (non-hydrogen) atoms. The number of anilines is 1. The van der Waals surface area contributed by atoms with Crippen molar-refractivity contribution in [1.29, 1.82) is 0 Å². The summed E-state index contributed by atoms with van der Waals surface area (Å²) in [6.07, 6.45) is 1.95. The van der Waals surface area contributed by atoms with E-state index < -0.39 is 42.4 Å². The number of ether oxygens (including phenoxy) is 5. The van der Waals surface area contributed by atoms with Gasteiger partial charge in [0, 0.05) is 61.9 Å². The number of hydrogen-bond donors (Lipinski definition) is 4. The van der Waals surface area contributed by atoms with Crippen LogP contribution in [0, 0.1) is 5.92 Å². The van der Waals surface area contributed by atoms with E-state index in [1.807, 2.05) is 12.1 Å². The first kappa shape index (κ1) is 50.0. The minimum Gasteiger partial charge on any atom is -0.493 e. The number of nitrogens with zero attached hydrogens (tertiary/aromatic N) is 4. The molecule has 4 aromatic rings. The summed E-state index contributed by atoms with van der Waals surface area (Å²) in [7, 11) is 2.93. The Hall–Kier alpha value is -8.36. The zero-order chi connectivity index (χ0) is 51.4. The lowest BCUT2D eigenvalue weighted by molar-refractivity contribution is -0.274. The largest absolute Gasteiger partial charge is 0.573 e. The van der Waals surface area contributed by atoms with E-state index in [-0.39, 0.29) is 48.3 Å². The molecular weight excluding hydrogens is 944 g/mol. The van der Waals surface area contributed by atoms with Crippen LogP contribution in [0.4, 0.5) is 35.0 Å². The molecule has 4 atom stereocenters. The molecule has 4 aliphatic heterocycles. The highest BCUT2D eigenvalue weighted by Gasteiger charge is 2.36. The van der Waals surface area contributed by atoms with E-state index in [1.54, 1.807) is 80.0 Å². The quantitative estimate of drug-likeness (QED) is 0.0740. The van der Waals surface area contributed by atoms with E-state index in [1.165, 1.54) is 50.3 Å². The van der Waals surface area contributed by atoms with Gasteiger partial charge < -0.3 is 54.5 Å². The smallest absolute Gasteiger partial charge is 0.493 e. The zero-order valence-electron chi connectivity index (χ0n) is 39.6. The van der Waals surface area contributed by atoms with Gasteiger partial charge in [0.1, 0.15) is 17.8 Å². The maximum Gasteiger partial charge on any atom is 0.573 e. The van der Waals surface area contributed by atoms with Crippen molar-refractivity contribution < 1.29 is 65.9 Å². The Morgan fingerprint density at radius 1 is 0.708 bits per heavy atom. The molecule has 0 fully saturated rings. The molecule has 2 unspecified atom stereocenters. The number of benzene rings is 4. The summed E-state index contributed by atoms with van der Waals surface area (Å²) in [4.78, 5) is 76.9. The van der Waals surface area contributed by atoms with Crippen molar-refractivity contribution in [1.82, 2.24) is 20.4 Å². The summed E-state index contributed by atoms with van der Waals surface area (Å²) in [6.45, 7) is 5.27. The van der Waals surface area contributed by atoms with Crippen molar-refractivity contribution in [3.05, 3.63) is 107 Å². The normalized spacial score (nSPS) is 17.5. The number of hydrogen-bond acceptors (Lipinski definition) is 12. The summed E-state index contributed by atoms with van der Waals surface area (Å²) >= 11 is 0. The second-order valence-corrected chi connectivity index (χ2v) is 17.5. The van der Waals surface area contributed by atoms with Crippen LogP contribution in [0.2, 0.25) is 0 Å². The Labute approximate surface area is 411 Å². The predicted molar refractivity (Wildman–Crippen MR) is 259 cm³/mol. The van der Waals surface area contributed by atoms with Gasteiger partial charge in [0.2, 0.25) is 11.8 Å². The predicted octanol–water partition coefficient (Wildman–Crippen LogP) is 8.13. The Kier molecular flexibility index (Phi) is 14.5. The first-order valence-electron chi connectivity index (χ1n) is 22.8. The van der Waals surface area contributed by atoms with E-state index in [9.17, 15) is 37.1 Å². The molecule has 4 aliphatic rings. The van der Waals surface area contributed by atoms with E-state index >= 15 is 0 Å². The van der Waals surface area contributed by atoms with Crippen LogP contribution in [0.3, 0.4) is 0 Å². The van der Waals surface area contributed by atoms with E-state index in [0.717, 1.165) is 16.7 Å². The Bertz CT molecular complexity index is 2900. The molecule has 4 aromatic carbocycles. The number of alkyl halides is 3. The SMILES string of the molecule is COc1cc2c(cc1OCCCOc1cc3c(cc1OC)C(=O)N1C=C(c4ccc(OC(F)(F)F)cc4)C[C@H]1C=N3)N=C[C@@H]1CC(c3ccc(NC(=O)C(C)NC(=O)C(NC(=O)O)C(C)C)cc3)=CN1C2=O. The molecule has 18 nitrogen and oxygen atoms in total. The van der Waals surface area contributed by atoms with Gasteiger partial charge in [-0.3, -0.25) is 29.2 Å². The summed E-state index contributed by atoms with van der Waals surface area (Å²) in [5.41, 5.74) is 4.94. The molecule has 0 spiro atoms. The second kappa shape index (κ2) is 20.9. The molecular formula is C51H50F3N7O11. The van der Waals surface area contributed by atoms with Gasteiger partial charge >= 0.3 is 12.5 Å². The molecule has 4 N–H and O–H groups in total. The molecule has 0 radical (unpaired) electrons.